The van der Waals surface area contributed by atoms with Crippen molar-refractivity contribution in [1.82, 2.24) is 4.90 Å². The highest BCUT2D eigenvalue weighted by Crippen LogP contribution is 2.29. The Morgan fingerprint density at radius 1 is 1.14 bits per heavy atom. The monoisotopic (exact) mass is 321 g/mol. The third-order valence-electron chi connectivity index (χ3n) is 3.96. The van der Waals surface area contributed by atoms with Crippen molar-refractivity contribution in [2.45, 2.75) is 38.5 Å². The van der Waals surface area contributed by atoms with E-state index in [-0.39, 0.29) is 11.8 Å². The topological polar surface area (TPSA) is 40.5 Å². The van der Waals surface area contributed by atoms with Crippen LogP contribution in [0.3, 0.4) is 0 Å². The molecule has 3 nitrogen and oxygen atoms in total. The molecule has 1 aliphatic rings. The molecule has 0 saturated heterocycles. The number of nitrogens with zero attached hydrogens (tertiary/aromatic N) is 1. The Morgan fingerprint density at radius 3 is 2.19 bits per heavy atom. The van der Waals surface area contributed by atoms with Crippen LogP contribution in [0.4, 0.5) is 0 Å². The number of aliphatic hydroxyl groups is 1. The lowest BCUT2D eigenvalue weighted by Crippen LogP contribution is -2.38. The molecule has 0 spiro atoms. The third-order valence-corrected chi connectivity index (χ3v) is 5.68. The zero-order valence-corrected chi connectivity index (χ0v) is 13.4. The van der Waals surface area contributed by atoms with Crippen LogP contribution in [-0.2, 0) is 17.9 Å². The summed E-state index contributed by atoms with van der Waals surface area (Å²) in [4.78, 5) is 17.1. The van der Waals surface area contributed by atoms with Gasteiger partial charge in [0.15, 0.2) is 0 Å². The number of carbonyl (C=O) groups excluding carboxylic acids is 1. The highest BCUT2D eigenvalue weighted by Gasteiger charge is 2.34. The van der Waals surface area contributed by atoms with Gasteiger partial charge in [-0.1, -0.05) is 12.1 Å². The number of amides is 1. The molecule has 2 unspecified atom stereocenters. The van der Waals surface area contributed by atoms with Gasteiger partial charge in [0.25, 0.3) is 0 Å². The quantitative estimate of drug-likeness (QED) is 0.915. The van der Waals surface area contributed by atoms with Crippen molar-refractivity contribution in [2.75, 3.05) is 0 Å². The molecule has 1 N–H and O–H groups in total. The van der Waals surface area contributed by atoms with Crippen molar-refractivity contribution >= 4 is 28.6 Å². The van der Waals surface area contributed by atoms with Gasteiger partial charge in [0.05, 0.1) is 25.1 Å². The molecule has 21 heavy (non-hydrogen) atoms. The van der Waals surface area contributed by atoms with E-state index in [9.17, 15) is 9.90 Å². The summed E-state index contributed by atoms with van der Waals surface area (Å²) in [6.07, 6.45) is 2.04. The molecule has 5 heteroatoms. The molecule has 1 aliphatic carbocycles. The Bertz CT molecular complexity index is 529. The fraction of sp³-hybridized carbons (Fsp3) is 0.438. The normalized spacial score (nSPS) is 21.6. The third kappa shape index (κ3) is 3.54. The Labute approximate surface area is 132 Å². The lowest BCUT2D eigenvalue weighted by atomic mass is 10.0. The maximum absolute atomic E-state index is 12.8. The van der Waals surface area contributed by atoms with Crippen LogP contribution in [0.1, 0.15) is 29.0 Å². The molecule has 1 fully saturated rings. The minimum absolute atomic E-state index is 0.0989. The molecule has 2 aromatic heterocycles. The van der Waals surface area contributed by atoms with E-state index < -0.39 is 6.10 Å². The van der Waals surface area contributed by atoms with Crippen LogP contribution in [0.25, 0.3) is 0 Å². The molecule has 2 aromatic rings. The Morgan fingerprint density at radius 2 is 1.76 bits per heavy atom. The van der Waals surface area contributed by atoms with Gasteiger partial charge in [0.2, 0.25) is 5.91 Å². The summed E-state index contributed by atoms with van der Waals surface area (Å²) >= 11 is 3.34. The molecule has 1 saturated carbocycles. The average molecular weight is 321 g/mol. The zero-order chi connectivity index (χ0) is 14.7. The van der Waals surface area contributed by atoms with E-state index in [2.05, 4.69) is 12.1 Å². The number of hydrogen-bond acceptors (Lipinski definition) is 4. The summed E-state index contributed by atoms with van der Waals surface area (Å²) < 4.78 is 0. The molecule has 0 bridgehead atoms. The van der Waals surface area contributed by atoms with Crippen LogP contribution in [0.5, 0.6) is 0 Å². The fourth-order valence-electron chi connectivity index (χ4n) is 2.86. The predicted octanol–water partition coefficient (Wildman–Crippen LogP) is 3.50. The molecular weight excluding hydrogens is 302 g/mol. The number of hydrogen-bond donors (Lipinski definition) is 1. The highest BCUT2D eigenvalue weighted by atomic mass is 32.1. The van der Waals surface area contributed by atoms with Gasteiger partial charge in [-0.3, -0.25) is 4.79 Å². The van der Waals surface area contributed by atoms with Crippen molar-refractivity contribution < 1.29 is 9.90 Å². The second-order valence-electron chi connectivity index (χ2n) is 5.46. The van der Waals surface area contributed by atoms with Crippen molar-refractivity contribution in [3.05, 3.63) is 44.8 Å². The van der Waals surface area contributed by atoms with Crippen molar-refractivity contribution in [3.63, 3.8) is 0 Å². The van der Waals surface area contributed by atoms with Crippen LogP contribution in [-0.4, -0.2) is 22.0 Å². The minimum atomic E-state index is -0.466. The SMILES string of the molecule is O=C(C1CCCC1O)N(Cc1cccs1)Cc1cccs1. The molecule has 112 valence electrons. The van der Waals surface area contributed by atoms with E-state index in [1.54, 1.807) is 22.7 Å². The van der Waals surface area contributed by atoms with Crippen LogP contribution in [0.15, 0.2) is 35.0 Å². The second kappa shape index (κ2) is 6.73. The maximum Gasteiger partial charge on any atom is 0.228 e. The van der Waals surface area contributed by atoms with E-state index in [1.807, 2.05) is 27.8 Å². The number of rotatable bonds is 5. The number of carbonyl (C=O) groups is 1. The van der Waals surface area contributed by atoms with Gasteiger partial charge in [0, 0.05) is 9.75 Å². The molecule has 3 rings (SSSR count). The zero-order valence-electron chi connectivity index (χ0n) is 11.8. The second-order valence-corrected chi connectivity index (χ2v) is 7.52. The first-order valence-corrected chi connectivity index (χ1v) is 9.01. The summed E-state index contributed by atoms with van der Waals surface area (Å²) in [7, 11) is 0. The predicted molar refractivity (Wildman–Crippen MR) is 86.2 cm³/mol. The van der Waals surface area contributed by atoms with Gasteiger partial charge in [-0.25, -0.2) is 0 Å². The van der Waals surface area contributed by atoms with Gasteiger partial charge in [0.1, 0.15) is 0 Å². The molecule has 0 radical (unpaired) electrons. The molecule has 0 aromatic carbocycles. The van der Waals surface area contributed by atoms with E-state index >= 15 is 0 Å². The summed E-state index contributed by atoms with van der Waals surface area (Å²) in [5.41, 5.74) is 0. The van der Waals surface area contributed by atoms with Gasteiger partial charge in [-0.05, 0) is 42.2 Å². The molecule has 0 aliphatic heterocycles. The molecule has 2 heterocycles. The number of thiophene rings is 2. The summed E-state index contributed by atoms with van der Waals surface area (Å²) in [5.74, 6) is -0.119. The Balaban J connectivity index is 1.75. The summed E-state index contributed by atoms with van der Waals surface area (Å²) in [6.45, 7) is 1.27. The van der Waals surface area contributed by atoms with Crippen LogP contribution >= 0.6 is 22.7 Å². The van der Waals surface area contributed by atoms with Crippen LogP contribution in [0.2, 0.25) is 0 Å². The van der Waals surface area contributed by atoms with Crippen molar-refractivity contribution in [3.8, 4) is 0 Å². The smallest absolute Gasteiger partial charge is 0.228 e. The summed E-state index contributed by atoms with van der Waals surface area (Å²) in [5, 5.41) is 14.1. The number of aliphatic hydroxyl groups excluding tert-OH is 1. The van der Waals surface area contributed by atoms with Gasteiger partial charge < -0.3 is 10.0 Å². The van der Waals surface area contributed by atoms with Crippen molar-refractivity contribution in [2.24, 2.45) is 5.92 Å². The van der Waals surface area contributed by atoms with Gasteiger partial charge in [-0.2, -0.15) is 0 Å². The lowest BCUT2D eigenvalue weighted by Gasteiger charge is -2.26. The van der Waals surface area contributed by atoms with Crippen LogP contribution < -0.4 is 0 Å². The van der Waals surface area contributed by atoms with E-state index in [0.717, 1.165) is 19.3 Å². The lowest BCUT2D eigenvalue weighted by molar-refractivity contribution is -0.139. The Kier molecular flexibility index (Phi) is 4.73. The molecular formula is C16H19NO2S2. The summed E-state index contributed by atoms with van der Waals surface area (Å²) in [6, 6.07) is 8.14. The molecule has 1 amide bonds. The van der Waals surface area contributed by atoms with Crippen LogP contribution in [0, 0.1) is 5.92 Å². The maximum atomic E-state index is 12.8. The van der Waals surface area contributed by atoms with E-state index in [1.165, 1.54) is 9.75 Å². The first kappa shape index (κ1) is 14.8. The fourth-order valence-corrected chi connectivity index (χ4v) is 4.29. The van der Waals surface area contributed by atoms with Gasteiger partial charge >= 0.3 is 0 Å². The average Bonchev–Trinajstić information content (AvgIpc) is 3.19. The van der Waals surface area contributed by atoms with E-state index in [4.69, 9.17) is 0 Å². The van der Waals surface area contributed by atoms with E-state index in [0.29, 0.717) is 13.1 Å². The standard InChI is InChI=1S/C16H19NO2S2/c18-15-7-1-6-14(15)16(19)17(10-12-4-2-8-20-12)11-13-5-3-9-21-13/h2-5,8-9,14-15,18H,1,6-7,10-11H2. The first-order valence-electron chi connectivity index (χ1n) is 7.25. The largest absolute Gasteiger partial charge is 0.392 e. The minimum Gasteiger partial charge on any atom is -0.392 e. The van der Waals surface area contributed by atoms with Crippen molar-refractivity contribution in [1.29, 1.82) is 0 Å². The molecule has 2 atom stereocenters. The van der Waals surface area contributed by atoms with Gasteiger partial charge in [-0.15, -0.1) is 22.7 Å². The first-order chi connectivity index (χ1) is 10.2. The highest BCUT2D eigenvalue weighted by molar-refractivity contribution is 7.10. The Hall–Kier alpha value is -1.17.